The van der Waals surface area contributed by atoms with Crippen molar-refractivity contribution in [2.75, 3.05) is 6.54 Å². The molecule has 0 fully saturated rings. The fraction of sp³-hybridized carbons (Fsp3) is 0.636. The Morgan fingerprint density at radius 2 is 2.25 bits per heavy atom. The van der Waals surface area contributed by atoms with Crippen molar-refractivity contribution >= 4 is 0 Å². The molecule has 0 aliphatic heterocycles. The van der Waals surface area contributed by atoms with E-state index in [0.717, 1.165) is 6.54 Å². The van der Waals surface area contributed by atoms with Crippen LogP contribution in [0.5, 0.6) is 0 Å². The van der Waals surface area contributed by atoms with Gasteiger partial charge in [0.15, 0.2) is 0 Å². The molecule has 2 N–H and O–H groups in total. The highest BCUT2D eigenvalue weighted by molar-refractivity contribution is 5.18. The van der Waals surface area contributed by atoms with Crippen LogP contribution < -0.4 is 5.73 Å². The van der Waals surface area contributed by atoms with Crippen LogP contribution >= 0.6 is 0 Å². The highest BCUT2D eigenvalue weighted by atomic mass is 14.5. The topological polar surface area (TPSA) is 26.0 Å². The normalized spacial score (nSPS) is 14.4. The Balaban J connectivity index is 4.03. The van der Waals surface area contributed by atoms with Crippen LogP contribution in [0, 0.1) is 5.92 Å². The molecule has 0 aromatic heterocycles. The van der Waals surface area contributed by atoms with Gasteiger partial charge in [-0.05, 0) is 31.4 Å². The zero-order chi connectivity index (χ0) is 9.40. The third-order valence-electron chi connectivity index (χ3n) is 2.23. The average molecular weight is 167 g/mol. The lowest BCUT2D eigenvalue weighted by atomic mass is 9.93. The number of hydrogen-bond donors (Lipinski definition) is 1. The molecule has 0 aromatic rings. The minimum Gasteiger partial charge on any atom is -0.330 e. The predicted octanol–water partition coefficient (Wildman–Crippen LogP) is 2.88. The molecule has 1 heteroatoms. The molecule has 0 saturated carbocycles. The van der Waals surface area contributed by atoms with Crippen molar-refractivity contribution < 1.29 is 0 Å². The lowest BCUT2D eigenvalue weighted by Crippen LogP contribution is -2.15. The summed E-state index contributed by atoms with van der Waals surface area (Å²) in [6.07, 6.45) is 7.73. The molecule has 0 spiro atoms. The molecule has 0 rings (SSSR count). The van der Waals surface area contributed by atoms with E-state index in [1.165, 1.54) is 24.8 Å². The minimum absolute atomic E-state index is 0.521. The number of rotatable bonds is 6. The van der Waals surface area contributed by atoms with Crippen LogP contribution in [-0.2, 0) is 0 Å². The Labute approximate surface area is 76.3 Å². The molecule has 0 aliphatic carbocycles. The maximum absolute atomic E-state index is 5.68. The lowest BCUT2D eigenvalue weighted by molar-refractivity contribution is 0.547. The van der Waals surface area contributed by atoms with Crippen molar-refractivity contribution in [1.29, 1.82) is 0 Å². The van der Waals surface area contributed by atoms with E-state index >= 15 is 0 Å². The van der Waals surface area contributed by atoms with E-state index < -0.39 is 0 Å². The number of hydrogen-bond acceptors (Lipinski definition) is 1. The monoisotopic (exact) mass is 167 g/mol. The summed E-state index contributed by atoms with van der Waals surface area (Å²) in [7, 11) is 0. The van der Waals surface area contributed by atoms with Crippen LogP contribution in [0.3, 0.4) is 0 Å². The molecule has 12 heavy (non-hydrogen) atoms. The zero-order valence-corrected chi connectivity index (χ0v) is 8.34. The van der Waals surface area contributed by atoms with Crippen LogP contribution in [0.2, 0.25) is 0 Å². The first-order valence-electron chi connectivity index (χ1n) is 4.78. The molecule has 0 aromatic carbocycles. The molecule has 0 radical (unpaired) electrons. The van der Waals surface area contributed by atoms with Crippen LogP contribution in [0.4, 0.5) is 0 Å². The predicted molar refractivity (Wildman–Crippen MR) is 56.0 cm³/mol. The van der Waals surface area contributed by atoms with E-state index in [4.69, 9.17) is 5.73 Å². The van der Waals surface area contributed by atoms with E-state index in [1.54, 1.807) is 0 Å². The van der Waals surface area contributed by atoms with Crippen molar-refractivity contribution in [2.24, 2.45) is 11.7 Å². The molecule has 1 unspecified atom stereocenters. The molecular formula is C11H21N. The molecule has 0 heterocycles. The van der Waals surface area contributed by atoms with Gasteiger partial charge in [-0.15, -0.1) is 0 Å². The van der Waals surface area contributed by atoms with Gasteiger partial charge in [0.05, 0.1) is 0 Å². The number of nitrogens with two attached hydrogens (primary N) is 1. The second kappa shape index (κ2) is 7.11. The van der Waals surface area contributed by atoms with Crippen molar-refractivity contribution in [3.8, 4) is 0 Å². The minimum atomic E-state index is 0.521. The summed E-state index contributed by atoms with van der Waals surface area (Å²) in [5.41, 5.74) is 6.97. The van der Waals surface area contributed by atoms with Gasteiger partial charge in [-0.2, -0.15) is 0 Å². The fourth-order valence-corrected chi connectivity index (χ4v) is 1.39. The Morgan fingerprint density at radius 1 is 1.58 bits per heavy atom. The van der Waals surface area contributed by atoms with Gasteiger partial charge in [-0.3, -0.25) is 0 Å². The second-order valence-corrected chi connectivity index (χ2v) is 3.07. The molecule has 0 amide bonds. The molecule has 1 atom stereocenters. The summed E-state index contributed by atoms with van der Waals surface area (Å²) in [5, 5.41) is 0. The average Bonchev–Trinajstić information content (AvgIpc) is 2.12. The smallest absolute Gasteiger partial charge is 0.000836 e. The summed E-state index contributed by atoms with van der Waals surface area (Å²) >= 11 is 0. The Morgan fingerprint density at radius 3 is 2.58 bits per heavy atom. The standard InChI is InChI=1S/C11H21N/c1-4-7-8-11(9-12)10(5-2)6-3/h5-6,11H,2,4,7-9,12H2,1,3H3/b10-6+. The summed E-state index contributed by atoms with van der Waals surface area (Å²) in [6, 6.07) is 0. The van der Waals surface area contributed by atoms with Crippen molar-refractivity contribution in [3.05, 3.63) is 24.3 Å². The maximum atomic E-state index is 5.68. The van der Waals surface area contributed by atoms with Gasteiger partial charge in [0.25, 0.3) is 0 Å². The third kappa shape index (κ3) is 3.72. The van der Waals surface area contributed by atoms with Crippen LogP contribution in [0.1, 0.15) is 33.1 Å². The summed E-state index contributed by atoms with van der Waals surface area (Å²) in [4.78, 5) is 0. The number of unbranched alkanes of at least 4 members (excludes halogenated alkanes) is 1. The van der Waals surface area contributed by atoms with E-state index in [0.29, 0.717) is 5.92 Å². The van der Waals surface area contributed by atoms with E-state index in [2.05, 4.69) is 19.6 Å². The van der Waals surface area contributed by atoms with E-state index in [1.807, 2.05) is 13.0 Å². The quantitative estimate of drug-likeness (QED) is 0.605. The van der Waals surface area contributed by atoms with Crippen LogP contribution in [-0.4, -0.2) is 6.54 Å². The second-order valence-electron chi connectivity index (χ2n) is 3.07. The molecule has 70 valence electrons. The van der Waals surface area contributed by atoms with Gasteiger partial charge < -0.3 is 5.73 Å². The van der Waals surface area contributed by atoms with Crippen LogP contribution in [0.25, 0.3) is 0 Å². The largest absolute Gasteiger partial charge is 0.330 e. The third-order valence-corrected chi connectivity index (χ3v) is 2.23. The van der Waals surface area contributed by atoms with Crippen LogP contribution in [0.15, 0.2) is 24.3 Å². The van der Waals surface area contributed by atoms with Gasteiger partial charge in [-0.1, -0.05) is 38.5 Å². The van der Waals surface area contributed by atoms with Gasteiger partial charge in [0.1, 0.15) is 0 Å². The van der Waals surface area contributed by atoms with Gasteiger partial charge in [-0.25, -0.2) is 0 Å². The highest BCUT2D eigenvalue weighted by Crippen LogP contribution is 2.17. The zero-order valence-electron chi connectivity index (χ0n) is 8.34. The van der Waals surface area contributed by atoms with E-state index in [9.17, 15) is 0 Å². The molecule has 0 saturated heterocycles. The molecule has 1 nitrogen and oxygen atoms in total. The van der Waals surface area contributed by atoms with Crippen molar-refractivity contribution in [3.63, 3.8) is 0 Å². The Bertz CT molecular complexity index is 147. The summed E-state index contributed by atoms with van der Waals surface area (Å²) < 4.78 is 0. The van der Waals surface area contributed by atoms with Gasteiger partial charge >= 0.3 is 0 Å². The summed E-state index contributed by atoms with van der Waals surface area (Å²) in [6.45, 7) is 8.78. The Hall–Kier alpha value is -0.560. The van der Waals surface area contributed by atoms with Crippen molar-refractivity contribution in [1.82, 2.24) is 0 Å². The highest BCUT2D eigenvalue weighted by Gasteiger charge is 2.07. The van der Waals surface area contributed by atoms with Gasteiger partial charge in [0.2, 0.25) is 0 Å². The lowest BCUT2D eigenvalue weighted by Gasteiger charge is -2.14. The van der Waals surface area contributed by atoms with Gasteiger partial charge in [0, 0.05) is 0 Å². The molecular weight excluding hydrogens is 146 g/mol. The first-order valence-corrected chi connectivity index (χ1v) is 4.78. The first kappa shape index (κ1) is 11.4. The fourth-order valence-electron chi connectivity index (χ4n) is 1.39. The Kier molecular flexibility index (Phi) is 6.78. The molecule has 0 bridgehead atoms. The SMILES string of the molecule is C=C/C(=C\C)C(CN)CCCC. The molecule has 0 aliphatic rings. The maximum Gasteiger partial charge on any atom is -0.000836 e. The summed E-state index contributed by atoms with van der Waals surface area (Å²) in [5.74, 6) is 0.521. The van der Waals surface area contributed by atoms with E-state index in [-0.39, 0.29) is 0 Å². The number of allylic oxidation sites excluding steroid dienone is 2. The first-order chi connectivity index (χ1) is 5.79. The van der Waals surface area contributed by atoms with Crippen molar-refractivity contribution in [2.45, 2.75) is 33.1 Å².